The van der Waals surface area contributed by atoms with Crippen LogP contribution in [0.4, 0.5) is 17.6 Å². The number of rotatable bonds is 7. The van der Waals surface area contributed by atoms with Gasteiger partial charge in [-0.05, 0) is 37.8 Å². The summed E-state index contributed by atoms with van der Waals surface area (Å²) in [5.74, 6) is 2.84. The Labute approximate surface area is 243 Å². The monoisotopic (exact) mass is 570 g/mol. The van der Waals surface area contributed by atoms with Gasteiger partial charge in [-0.1, -0.05) is 12.1 Å². The van der Waals surface area contributed by atoms with E-state index in [2.05, 4.69) is 20.1 Å². The molecule has 0 unspecified atom stereocenters. The predicted molar refractivity (Wildman–Crippen MR) is 161 cm³/mol. The molecule has 0 spiro atoms. The molecule has 1 amide bonds. The molecule has 4 aromatic rings. The fourth-order valence-electron chi connectivity index (χ4n) is 6.22. The van der Waals surface area contributed by atoms with Crippen molar-refractivity contribution in [2.75, 3.05) is 57.2 Å². The number of anilines is 3. The molecular formula is C30H34N8O2S. The van der Waals surface area contributed by atoms with Crippen LogP contribution in [0.2, 0.25) is 0 Å². The number of thiazole rings is 1. The fourth-order valence-corrected chi connectivity index (χ4v) is 7.14. The van der Waals surface area contributed by atoms with Crippen LogP contribution in [0.3, 0.4) is 0 Å². The Morgan fingerprint density at radius 3 is 2.80 bits per heavy atom. The van der Waals surface area contributed by atoms with Gasteiger partial charge in [0, 0.05) is 87.6 Å². The van der Waals surface area contributed by atoms with Crippen LogP contribution in [0.15, 0.2) is 42.6 Å². The molecule has 1 aromatic carbocycles. The van der Waals surface area contributed by atoms with E-state index in [0.29, 0.717) is 29.4 Å². The first-order chi connectivity index (χ1) is 19.9. The number of piperazine rings is 1. The highest BCUT2D eigenvalue weighted by atomic mass is 32.1. The Bertz CT molecular complexity index is 1600. The number of pyridine rings is 1. The summed E-state index contributed by atoms with van der Waals surface area (Å²) in [4.78, 5) is 38.2. The van der Waals surface area contributed by atoms with Crippen molar-refractivity contribution < 1.29 is 9.53 Å². The minimum absolute atomic E-state index is 0.0288. The average molecular weight is 571 g/mol. The lowest BCUT2D eigenvalue weighted by Crippen LogP contribution is -2.48. The Hall–Kier alpha value is -3.67. The SMILES string of the molecule is Cc1cc(Nc2cc3nc(-c4cccc(C(=O)N(C)C)c4)sc3cn2)nc(N2C[C@@H]3C[C@H]2CN3C[C@@H]2CCOC2)n1. The van der Waals surface area contributed by atoms with Gasteiger partial charge in [0.2, 0.25) is 5.95 Å². The van der Waals surface area contributed by atoms with Crippen LogP contribution in [0.1, 0.15) is 28.9 Å². The van der Waals surface area contributed by atoms with Gasteiger partial charge >= 0.3 is 0 Å². The molecule has 7 rings (SSSR count). The molecule has 0 saturated carbocycles. The summed E-state index contributed by atoms with van der Waals surface area (Å²) >= 11 is 1.56. The number of nitrogens with one attached hydrogen (secondary N) is 1. The molecule has 1 N–H and O–H groups in total. The maximum Gasteiger partial charge on any atom is 0.253 e. The molecule has 3 aliphatic rings. The number of likely N-dealkylation sites (tertiary alicyclic amines) is 1. The zero-order valence-electron chi connectivity index (χ0n) is 23.6. The standard InChI is InChI=1S/C30H34N8O2S/c1-18-9-27(35-30(32-18)38-16-22-11-23(38)15-37(22)14-19-7-8-40-17-19)34-26-12-24-25(13-31-26)41-28(33-24)20-5-4-6-21(10-20)29(39)36(2)3/h4-6,9-10,12-13,19,22-23H,7-8,11,14-17H2,1-3H3,(H,31,32,34,35)/t19-,22-,23-/m0/s1. The lowest BCUT2D eigenvalue weighted by atomic mass is 10.1. The lowest BCUT2D eigenvalue weighted by Gasteiger charge is -2.35. The minimum atomic E-state index is -0.0288. The molecule has 3 atom stereocenters. The number of carbonyl (C=O) groups is 1. The third kappa shape index (κ3) is 5.25. The Morgan fingerprint density at radius 1 is 1.12 bits per heavy atom. The second-order valence-electron chi connectivity index (χ2n) is 11.5. The molecule has 3 aromatic heterocycles. The van der Waals surface area contributed by atoms with Crippen molar-refractivity contribution in [1.29, 1.82) is 0 Å². The molecule has 0 radical (unpaired) electrons. The Balaban J connectivity index is 1.07. The topological polar surface area (TPSA) is 99.6 Å². The van der Waals surface area contributed by atoms with Crippen molar-refractivity contribution in [2.45, 2.75) is 31.8 Å². The molecule has 0 aliphatic carbocycles. The summed E-state index contributed by atoms with van der Waals surface area (Å²) in [7, 11) is 3.51. The van der Waals surface area contributed by atoms with Gasteiger partial charge in [-0.15, -0.1) is 11.3 Å². The molecule has 3 aliphatic heterocycles. The number of ether oxygens (including phenoxy) is 1. The number of aryl methyl sites for hydroxylation is 1. The third-order valence-electron chi connectivity index (χ3n) is 8.26. The summed E-state index contributed by atoms with van der Waals surface area (Å²) < 4.78 is 6.57. The maximum atomic E-state index is 12.4. The summed E-state index contributed by atoms with van der Waals surface area (Å²) in [5.41, 5.74) is 3.33. The van der Waals surface area contributed by atoms with Crippen molar-refractivity contribution >= 4 is 45.0 Å². The van der Waals surface area contributed by atoms with Crippen molar-refractivity contribution in [3.63, 3.8) is 0 Å². The molecule has 2 bridgehead atoms. The Kier molecular flexibility index (Phi) is 6.80. The number of nitrogens with zero attached hydrogens (tertiary/aromatic N) is 7. The van der Waals surface area contributed by atoms with E-state index in [1.165, 1.54) is 12.8 Å². The van der Waals surface area contributed by atoms with E-state index in [1.807, 2.05) is 49.5 Å². The highest BCUT2D eigenvalue weighted by Crippen LogP contribution is 2.35. The molecule has 10 nitrogen and oxygen atoms in total. The van der Waals surface area contributed by atoms with E-state index in [-0.39, 0.29) is 5.91 Å². The molecule has 6 heterocycles. The van der Waals surface area contributed by atoms with Gasteiger partial charge in [0.05, 0.1) is 16.8 Å². The number of aromatic nitrogens is 4. The number of fused-ring (bicyclic) bond motifs is 3. The second kappa shape index (κ2) is 10.6. The molecule has 3 fully saturated rings. The van der Waals surface area contributed by atoms with Crippen molar-refractivity contribution in [1.82, 2.24) is 29.7 Å². The van der Waals surface area contributed by atoms with Crippen molar-refractivity contribution in [2.24, 2.45) is 5.92 Å². The summed E-state index contributed by atoms with van der Waals surface area (Å²) in [6.45, 7) is 7.00. The van der Waals surface area contributed by atoms with E-state index in [1.54, 1.807) is 30.3 Å². The second-order valence-corrected chi connectivity index (χ2v) is 12.6. The van der Waals surface area contributed by atoms with Crippen LogP contribution >= 0.6 is 11.3 Å². The van der Waals surface area contributed by atoms with Gasteiger partial charge in [-0.3, -0.25) is 9.69 Å². The van der Waals surface area contributed by atoms with Crippen molar-refractivity contribution in [3.8, 4) is 10.6 Å². The number of benzene rings is 1. The first-order valence-corrected chi connectivity index (χ1v) is 15.0. The van der Waals surface area contributed by atoms with Gasteiger partial charge < -0.3 is 19.9 Å². The van der Waals surface area contributed by atoms with E-state index < -0.39 is 0 Å². The van der Waals surface area contributed by atoms with Gasteiger partial charge in [0.25, 0.3) is 5.91 Å². The van der Waals surface area contributed by atoms with Crippen LogP contribution in [0.5, 0.6) is 0 Å². The quantitative estimate of drug-likeness (QED) is 0.350. The lowest BCUT2D eigenvalue weighted by molar-refractivity contribution is 0.0827. The largest absolute Gasteiger partial charge is 0.381 e. The summed E-state index contributed by atoms with van der Waals surface area (Å²) in [6, 6.07) is 12.5. The summed E-state index contributed by atoms with van der Waals surface area (Å²) in [5, 5.41) is 4.24. The van der Waals surface area contributed by atoms with E-state index in [9.17, 15) is 4.79 Å². The van der Waals surface area contributed by atoms with Crippen LogP contribution in [-0.2, 0) is 4.74 Å². The third-order valence-corrected chi connectivity index (χ3v) is 9.32. The van der Waals surface area contributed by atoms with Gasteiger partial charge in [0.1, 0.15) is 16.6 Å². The molecule has 41 heavy (non-hydrogen) atoms. The summed E-state index contributed by atoms with van der Waals surface area (Å²) in [6.07, 6.45) is 4.19. The minimum Gasteiger partial charge on any atom is -0.381 e. The van der Waals surface area contributed by atoms with Crippen LogP contribution in [0, 0.1) is 12.8 Å². The molecular weight excluding hydrogens is 536 g/mol. The molecule has 11 heteroatoms. The smallest absolute Gasteiger partial charge is 0.253 e. The zero-order valence-corrected chi connectivity index (χ0v) is 24.4. The predicted octanol–water partition coefficient (Wildman–Crippen LogP) is 4.20. The average Bonchev–Trinajstić information content (AvgIpc) is 3.77. The molecule has 3 saturated heterocycles. The van der Waals surface area contributed by atoms with Gasteiger partial charge in [0.15, 0.2) is 0 Å². The van der Waals surface area contributed by atoms with E-state index in [0.717, 1.165) is 71.1 Å². The molecule has 212 valence electrons. The van der Waals surface area contributed by atoms with E-state index >= 15 is 0 Å². The fraction of sp³-hybridized carbons (Fsp3) is 0.433. The van der Waals surface area contributed by atoms with Crippen LogP contribution in [-0.4, -0.2) is 94.7 Å². The van der Waals surface area contributed by atoms with Gasteiger partial charge in [-0.2, -0.15) is 4.98 Å². The van der Waals surface area contributed by atoms with Crippen LogP contribution < -0.4 is 10.2 Å². The number of amides is 1. The normalized spacial score (nSPS) is 22.1. The number of hydrogen-bond donors (Lipinski definition) is 1. The van der Waals surface area contributed by atoms with Gasteiger partial charge in [-0.25, -0.2) is 15.0 Å². The van der Waals surface area contributed by atoms with Crippen molar-refractivity contribution in [3.05, 3.63) is 53.9 Å². The number of carbonyl (C=O) groups excluding carboxylic acids is 1. The first-order valence-electron chi connectivity index (χ1n) is 14.2. The number of hydrogen-bond acceptors (Lipinski definition) is 10. The Morgan fingerprint density at radius 2 is 2.02 bits per heavy atom. The maximum absolute atomic E-state index is 12.4. The highest BCUT2D eigenvalue weighted by molar-refractivity contribution is 7.21. The first kappa shape index (κ1) is 26.2. The van der Waals surface area contributed by atoms with Crippen LogP contribution in [0.25, 0.3) is 20.8 Å². The zero-order chi connectivity index (χ0) is 28.1. The van der Waals surface area contributed by atoms with E-state index in [4.69, 9.17) is 19.7 Å². The highest BCUT2D eigenvalue weighted by Gasteiger charge is 2.45.